The number of carbonyl (C=O) groups is 2. The number of halogens is 2. The number of pyridine rings is 2. The van der Waals surface area contributed by atoms with Gasteiger partial charge in [0.05, 0.1) is 22.8 Å². The number of aromatic nitrogens is 2. The summed E-state index contributed by atoms with van der Waals surface area (Å²) in [5.74, 6) is 1.19. The lowest BCUT2D eigenvalue weighted by Gasteiger charge is -2.22. The van der Waals surface area contributed by atoms with Crippen LogP contribution < -0.4 is 16.0 Å². The summed E-state index contributed by atoms with van der Waals surface area (Å²) < 4.78 is 10.1. The van der Waals surface area contributed by atoms with Gasteiger partial charge in [0, 0.05) is 43.5 Å². The van der Waals surface area contributed by atoms with Crippen molar-refractivity contribution in [2.45, 2.75) is 38.1 Å². The quantitative estimate of drug-likeness (QED) is 0.481. The molecule has 1 saturated heterocycles. The van der Waals surface area contributed by atoms with E-state index in [0.29, 0.717) is 58.1 Å². The largest absolute Gasteiger partial charge is 0.453 e. The highest BCUT2D eigenvalue weighted by Gasteiger charge is 2.31. The van der Waals surface area contributed by atoms with E-state index in [4.69, 9.17) is 27.9 Å². The smallest absolute Gasteiger partial charge is 0.407 e. The van der Waals surface area contributed by atoms with E-state index in [1.807, 2.05) is 6.07 Å². The summed E-state index contributed by atoms with van der Waals surface area (Å²) in [7, 11) is 1.32. The predicted octanol–water partition coefficient (Wildman–Crippen LogP) is 4.75. The molecule has 2 aromatic rings. The van der Waals surface area contributed by atoms with Crippen LogP contribution in [0.2, 0.25) is 10.0 Å². The van der Waals surface area contributed by atoms with Crippen LogP contribution in [0.5, 0.6) is 0 Å². The number of hydrogen-bond donors (Lipinski definition) is 3. The van der Waals surface area contributed by atoms with Gasteiger partial charge in [-0.25, -0.2) is 14.8 Å². The van der Waals surface area contributed by atoms with Gasteiger partial charge in [-0.05, 0) is 56.2 Å². The van der Waals surface area contributed by atoms with Gasteiger partial charge in [-0.15, -0.1) is 0 Å². The minimum absolute atomic E-state index is 0.0914. The molecule has 0 unspecified atom stereocenters. The van der Waals surface area contributed by atoms with Gasteiger partial charge in [0.2, 0.25) is 5.91 Å². The van der Waals surface area contributed by atoms with Crippen molar-refractivity contribution in [3.8, 4) is 11.3 Å². The normalized spacial score (nSPS) is 20.3. The van der Waals surface area contributed by atoms with Crippen molar-refractivity contribution in [2.24, 2.45) is 11.8 Å². The van der Waals surface area contributed by atoms with E-state index in [1.165, 1.54) is 13.3 Å². The summed E-state index contributed by atoms with van der Waals surface area (Å²) in [5.41, 5.74) is 1.09. The van der Waals surface area contributed by atoms with Crippen LogP contribution in [-0.2, 0) is 14.3 Å². The third-order valence-electron chi connectivity index (χ3n) is 6.43. The topological polar surface area (TPSA) is 114 Å². The number of nitrogens with one attached hydrogen (secondary N) is 3. The molecule has 11 heteroatoms. The average Bonchev–Trinajstić information content (AvgIpc) is 3.34. The molecular formula is C24H29Cl2N5O4. The molecule has 0 spiro atoms. The molecule has 9 nitrogen and oxygen atoms in total. The van der Waals surface area contributed by atoms with Gasteiger partial charge in [0.15, 0.2) is 0 Å². The summed E-state index contributed by atoms with van der Waals surface area (Å²) in [4.78, 5) is 33.2. The molecule has 3 heterocycles. The fourth-order valence-corrected chi connectivity index (χ4v) is 4.82. The number of ether oxygens (including phenoxy) is 2. The molecule has 1 aliphatic heterocycles. The summed E-state index contributed by atoms with van der Waals surface area (Å²) in [6.07, 6.45) is 4.93. The first-order chi connectivity index (χ1) is 16.9. The first kappa shape index (κ1) is 25.5. The van der Waals surface area contributed by atoms with E-state index in [0.717, 1.165) is 32.6 Å². The second-order valence-electron chi connectivity index (χ2n) is 8.85. The molecular weight excluding hydrogens is 493 g/mol. The highest BCUT2D eigenvalue weighted by atomic mass is 35.5. The van der Waals surface area contributed by atoms with Crippen LogP contribution in [0.4, 0.5) is 16.4 Å². The molecule has 2 aromatic heterocycles. The van der Waals surface area contributed by atoms with Crippen molar-refractivity contribution in [3.63, 3.8) is 0 Å². The first-order valence-corrected chi connectivity index (χ1v) is 12.5. The SMILES string of the molecule is COC(=O)N[C@@H]1CC[C@H](C(=O)Nc2cc(-c3nc(NCC4CCOCC4)ccc3Cl)c(Cl)cn2)C1. The van der Waals surface area contributed by atoms with Gasteiger partial charge in [-0.3, -0.25) is 4.79 Å². The van der Waals surface area contributed by atoms with Crippen LogP contribution >= 0.6 is 23.2 Å². The summed E-state index contributed by atoms with van der Waals surface area (Å²) in [5, 5.41) is 9.81. The number of amides is 2. The fourth-order valence-electron chi connectivity index (χ4n) is 4.42. The van der Waals surface area contributed by atoms with Crippen molar-refractivity contribution in [1.29, 1.82) is 0 Å². The Morgan fingerprint density at radius 2 is 1.91 bits per heavy atom. The van der Waals surface area contributed by atoms with Gasteiger partial charge in [0.1, 0.15) is 11.6 Å². The molecule has 2 fully saturated rings. The molecule has 2 atom stereocenters. The standard InChI is InChI=1S/C24H29Cl2N5O4/c1-34-24(33)29-16-3-2-15(10-16)23(32)31-21-11-17(19(26)13-28-21)22-18(25)4-5-20(30-22)27-12-14-6-8-35-9-7-14/h4-5,11,13-16H,2-3,6-10,12H2,1H3,(H,27,30)(H,29,33)(H,28,31,32)/t15-,16+/m0/s1. The first-order valence-electron chi connectivity index (χ1n) is 11.7. The Morgan fingerprint density at radius 3 is 2.69 bits per heavy atom. The molecule has 2 aliphatic rings. The monoisotopic (exact) mass is 521 g/mol. The third-order valence-corrected chi connectivity index (χ3v) is 7.04. The Hall–Kier alpha value is -2.62. The summed E-state index contributed by atoms with van der Waals surface area (Å²) in [6.45, 7) is 2.38. The third kappa shape index (κ3) is 6.74. The molecule has 2 amide bonds. The molecule has 3 N–H and O–H groups in total. The van der Waals surface area contributed by atoms with Crippen molar-refractivity contribution >= 4 is 46.8 Å². The number of alkyl carbamates (subject to hydrolysis) is 1. The minimum atomic E-state index is -0.492. The van der Waals surface area contributed by atoms with Gasteiger partial charge < -0.3 is 25.4 Å². The Labute approximate surface area is 214 Å². The second kappa shape index (κ2) is 11.9. The molecule has 188 valence electrons. The fraction of sp³-hybridized carbons (Fsp3) is 0.500. The van der Waals surface area contributed by atoms with Gasteiger partial charge in [-0.2, -0.15) is 0 Å². The molecule has 1 saturated carbocycles. The zero-order valence-corrected chi connectivity index (χ0v) is 21.0. The minimum Gasteiger partial charge on any atom is -0.453 e. The number of nitrogens with zero attached hydrogens (tertiary/aromatic N) is 2. The van der Waals surface area contributed by atoms with E-state index in [2.05, 4.69) is 30.7 Å². The van der Waals surface area contributed by atoms with Crippen LogP contribution in [0.3, 0.4) is 0 Å². The maximum absolute atomic E-state index is 12.8. The number of hydrogen-bond acceptors (Lipinski definition) is 7. The Balaban J connectivity index is 1.43. The zero-order chi connectivity index (χ0) is 24.8. The van der Waals surface area contributed by atoms with Crippen LogP contribution in [0, 0.1) is 11.8 Å². The number of rotatable bonds is 7. The molecule has 1 aliphatic carbocycles. The average molecular weight is 522 g/mol. The zero-order valence-electron chi connectivity index (χ0n) is 19.5. The summed E-state index contributed by atoms with van der Waals surface area (Å²) in [6, 6.07) is 5.20. The van der Waals surface area contributed by atoms with Crippen LogP contribution in [0.15, 0.2) is 24.4 Å². The lowest BCUT2D eigenvalue weighted by molar-refractivity contribution is -0.119. The number of methoxy groups -OCH3 is 1. The highest BCUT2D eigenvalue weighted by molar-refractivity contribution is 6.36. The Morgan fingerprint density at radius 1 is 1.11 bits per heavy atom. The van der Waals surface area contributed by atoms with Crippen molar-refractivity contribution < 1.29 is 19.1 Å². The lowest BCUT2D eigenvalue weighted by Crippen LogP contribution is -2.33. The van der Waals surface area contributed by atoms with Crippen molar-refractivity contribution in [3.05, 3.63) is 34.4 Å². The lowest BCUT2D eigenvalue weighted by atomic mass is 10.0. The van der Waals surface area contributed by atoms with Gasteiger partial charge in [-0.1, -0.05) is 23.2 Å². The predicted molar refractivity (Wildman–Crippen MR) is 135 cm³/mol. The summed E-state index contributed by atoms with van der Waals surface area (Å²) >= 11 is 12.9. The van der Waals surface area contributed by atoms with Crippen LogP contribution in [-0.4, -0.2) is 54.9 Å². The number of carbonyl (C=O) groups excluding carboxylic acids is 2. The van der Waals surface area contributed by atoms with Crippen LogP contribution in [0.25, 0.3) is 11.3 Å². The van der Waals surface area contributed by atoms with Crippen LogP contribution in [0.1, 0.15) is 32.1 Å². The highest BCUT2D eigenvalue weighted by Crippen LogP contribution is 2.34. The van der Waals surface area contributed by atoms with E-state index >= 15 is 0 Å². The van der Waals surface area contributed by atoms with E-state index in [1.54, 1.807) is 12.1 Å². The molecule has 0 radical (unpaired) electrons. The van der Waals surface area contributed by atoms with E-state index in [9.17, 15) is 9.59 Å². The Bertz CT molecular complexity index is 1060. The Kier molecular flexibility index (Phi) is 8.64. The maximum atomic E-state index is 12.8. The van der Waals surface area contributed by atoms with Crippen molar-refractivity contribution in [1.82, 2.24) is 15.3 Å². The molecule has 0 aromatic carbocycles. The number of anilines is 2. The second-order valence-corrected chi connectivity index (χ2v) is 9.66. The maximum Gasteiger partial charge on any atom is 0.407 e. The molecule has 35 heavy (non-hydrogen) atoms. The van der Waals surface area contributed by atoms with Crippen molar-refractivity contribution in [2.75, 3.05) is 37.5 Å². The van der Waals surface area contributed by atoms with Gasteiger partial charge in [0.25, 0.3) is 0 Å². The molecule has 4 rings (SSSR count). The molecule has 0 bridgehead atoms. The van der Waals surface area contributed by atoms with Gasteiger partial charge >= 0.3 is 6.09 Å². The van der Waals surface area contributed by atoms with E-state index < -0.39 is 6.09 Å². The van der Waals surface area contributed by atoms with E-state index in [-0.39, 0.29) is 17.9 Å².